The van der Waals surface area contributed by atoms with Crippen LogP contribution in [0.5, 0.6) is 0 Å². The Labute approximate surface area is 180 Å². The summed E-state index contributed by atoms with van der Waals surface area (Å²) in [4.78, 5) is 29.9. The Kier molecular flexibility index (Phi) is 5.47. The van der Waals surface area contributed by atoms with Gasteiger partial charge in [-0.05, 0) is 45.0 Å². The molecule has 0 radical (unpaired) electrons. The summed E-state index contributed by atoms with van der Waals surface area (Å²) in [5.74, 6) is 1.45. The minimum absolute atomic E-state index is 0.276. The minimum atomic E-state index is -0.502. The molecular formula is C22H24ClN5O2. The average molecular weight is 426 g/mol. The Bertz CT molecular complexity index is 1070. The highest BCUT2D eigenvalue weighted by Gasteiger charge is 2.27. The predicted molar refractivity (Wildman–Crippen MR) is 118 cm³/mol. The van der Waals surface area contributed by atoms with Crippen molar-refractivity contribution in [2.45, 2.75) is 26.4 Å². The van der Waals surface area contributed by atoms with Gasteiger partial charge in [-0.3, -0.25) is 0 Å². The smallest absolute Gasteiger partial charge is 0.410 e. The summed E-state index contributed by atoms with van der Waals surface area (Å²) in [7, 11) is 0. The lowest BCUT2D eigenvalue weighted by Crippen LogP contribution is -2.50. The van der Waals surface area contributed by atoms with Crippen molar-refractivity contribution in [1.29, 1.82) is 0 Å². The molecular weight excluding hydrogens is 402 g/mol. The molecule has 7 nitrogen and oxygen atoms in total. The van der Waals surface area contributed by atoms with E-state index in [1.54, 1.807) is 17.2 Å². The molecule has 4 rings (SSSR count). The van der Waals surface area contributed by atoms with Crippen LogP contribution in [0, 0.1) is 0 Å². The number of piperazine rings is 1. The molecule has 1 aliphatic heterocycles. The van der Waals surface area contributed by atoms with Crippen LogP contribution in [0.15, 0.2) is 42.6 Å². The van der Waals surface area contributed by atoms with Gasteiger partial charge < -0.3 is 14.5 Å². The van der Waals surface area contributed by atoms with Crippen molar-refractivity contribution >= 4 is 34.4 Å². The van der Waals surface area contributed by atoms with Gasteiger partial charge in [0.25, 0.3) is 0 Å². The molecule has 0 spiro atoms. The van der Waals surface area contributed by atoms with E-state index in [-0.39, 0.29) is 6.09 Å². The van der Waals surface area contributed by atoms with Crippen LogP contribution < -0.4 is 4.90 Å². The van der Waals surface area contributed by atoms with E-state index in [4.69, 9.17) is 26.3 Å². The first-order valence-electron chi connectivity index (χ1n) is 9.92. The highest BCUT2D eigenvalue weighted by atomic mass is 35.5. The molecule has 0 saturated carbocycles. The Balaban J connectivity index is 1.62. The largest absolute Gasteiger partial charge is 0.444 e. The first kappa shape index (κ1) is 20.3. The van der Waals surface area contributed by atoms with Crippen LogP contribution in [0.25, 0.3) is 22.3 Å². The van der Waals surface area contributed by atoms with E-state index < -0.39 is 5.60 Å². The third-order valence-corrected chi connectivity index (χ3v) is 5.01. The third kappa shape index (κ3) is 4.46. The second-order valence-corrected chi connectivity index (χ2v) is 8.60. The Hall–Kier alpha value is -2.93. The number of benzene rings is 1. The molecule has 0 N–H and O–H groups in total. The van der Waals surface area contributed by atoms with Gasteiger partial charge >= 0.3 is 6.09 Å². The SMILES string of the molecule is CC(C)(C)OC(=O)N1CCN(c2nc(-c3ccnc(Cl)c3)nc3ccccc23)CC1. The standard InChI is InChI=1S/C22H24ClN5O2/c1-22(2,3)30-21(29)28-12-10-27(11-13-28)20-16-6-4-5-7-17(16)25-19(26-20)15-8-9-24-18(23)14-15/h4-9,14H,10-13H2,1-3H3. The molecule has 1 saturated heterocycles. The van der Waals surface area contributed by atoms with Crippen molar-refractivity contribution in [3.8, 4) is 11.4 Å². The van der Waals surface area contributed by atoms with E-state index in [9.17, 15) is 4.79 Å². The lowest BCUT2D eigenvalue weighted by Gasteiger charge is -2.36. The van der Waals surface area contributed by atoms with Gasteiger partial charge in [-0.1, -0.05) is 23.7 Å². The van der Waals surface area contributed by atoms with Gasteiger partial charge in [0.15, 0.2) is 5.82 Å². The molecule has 1 amide bonds. The number of hydrogen-bond donors (Lipinski definition) is 0. The first-order chi connectivity index (χ1) is 14.3. The van der Waals surface area contributed by atoms with Crippen LogP contribution in [0.3, 0.4) is 0 Å². The Morgan fingerprint density at radius 3 is 2.50 bits per heavy atom. The fourth-order valence-electron chi connectivity index (χ4n) is 3.40. The number of pyridine rings is 1. The molecule has 0 aliphatic carbocycles. The molecule has 1 fully saturated rings. The molecule has 156 valence electrons. The maximum atomic E-state index is 12.4. The van der Waals surface area contributed by atoms with Gasteiger partial charge in [0.2, 0.25) is 0 Å². The second kappa shape index (κ2) is 8.07. The lowest BCUT2D eigenvalue weighted by atomic mass is 10.2. The monoisotopic (exact) mass is 425 g/mol. The fourth-order valence-corrected chi connectivity index (χ4v) is 3.57. The number of hydrogen-bond acceptors (Lipinski definition) is 6. The highest BCUT2D eigenvalue weighted by Crippen LogP contribution is 2.29. The molecule has 8 heteroatoms. The summed E-state index contributed by atoms with van der Waals surface area (Å²) < 4.78 is 5.50. The normalized spacial score (nSPS) is 14.8. The van der Waals surface area contributed by atoms with Gasteiger partial charge in [0.1, 0.15) is 16.6 Å². The number of fused-ring (bicyclic) bond motifs is 1. The van der Waals surface area contributed by atoms with Crippen molar-refractivity contribution in [3.05, 3.63) is 47.7 Å². The number of rotatable bonds is 2. The zero-order valence-corrected chi connectivity index (χ0v) is 18.1. The van der Waals surface area contributed by atoms with Crippen molar-refractivity contribution < 1.29 is 9.53 Å². The van der Waals surface area contributed by atoms with Crippen LogP contribution in [-0.4, -0.2) is 57.7 Å². The summed E-state index contributed by atoms with van der Waals surface area (Å²) in [5, 5.41) is 1.38. The van der Waals surface area contributed by atoms with Crippen molar-refractivity contribution in [3.63, 3.8) is 0 Å². The number of halogens is 1. The predicted octanol–water partition coefficient (Wildman–Crippen LogP) is 4.40. The molecule has 0 unspecified atom stereocenters. The number of anilines is 1. The van der Waals surface area contributed by atoms with E-state index in [1.165, 1.54) is 0 Å². The van der Waals surface area contributed by atoms with Crippen molar-refractivity contribution in [2.24, 2.45) is 0 Å². The van der Waals surface area contributed by atoms with E-state index in [1.807, 2.05) is 51.1 Å². The topological polar surface area (TPSA) is 71.5 Å². The van der Waals surface area contributed by atoms with Crippen LogP contribution in [0.2, 0.25) is 5.15 Å². The maximum Gasteiger partial charge on any atom is 0.410 e. The van der Waals surface area contributed by atoms with Gasteiger partial charge in [-0.2, -0.15) is 0 Å². The third-order valence-electron chi connectivity index (χ3n) is 4.80. The molecule has 2 aromatic heterocycles. The number of nitrogens with zero attached hydrogens (tertiary/aromatic N) is 5. The summed E-state index contributed by atoms with van der Waals surface area (Å²) in [6, 6.07) is 11.5. The van der Waals surface area contributed by atoms with Gasteiger partial charge in [0.05, 0.1) is 5.52 Å². The Morgan fingerprint density at radius 1 is 1.07 bits per heavy atom. The molecule has 1 aromatic carbocycles. The van der Waals surface area contributed by atoms with Crippen molar-refractivity contribution in [2.75, 3.05) is 31.1 Å². The molecule has 3 heterocycles. The summed E-state index contributed by atoms with van der Waals surface area (Å²) in [6.45, 7) is 8.10. The maximum absolute atomic E-state index is 12.4. The van der Waals surface area contributed by atoms with Crippen molar-refractivity contribution in [1.82, 2.24) is 19.9 Å². The van der Waals surface area contributed by atoms with E-state index in [0.29, 0.717) is 37.2 Å². The molecule has 0 bridgehead atoms. The lowest BCUT2D eigenvalue weighted by molar-refractivity contribution is 0.0240. The number of amides is 1. The first-order valence-corrected chi connectivity index (χ1v) is 10.3. The fraction of sp³-hybridized carbons (Fsp3) is 0.364. The van der Waals surface area contributed by atoms with Gasteiger partial charge in [-0.25, -0.2) is 19.7 Å². The number of carbonyl (C=O) groups is 1. The average Bonchev–Trinajstić information content (AvgIpc) is 2.72. The summed E-state index contributed by atoms with van der Waals surface area (Å²) in [6.07, 6.45) is 1.37. The second-order valence-electron chi connectivity index (χ2n) is 8.21. The minimum Gasteiger partial charge on any atom is -0.444 e. The van der Waals surface area contributed by atoms with E-state index in [2.05, 4.69) is 9.88 Å². The van der Waals surface area contributed by atoms with Gasteiger partial charge in [0, 0.05) is 43.3 Å². The van der Waals surface area contributed by atoms with Crippen LogP contribution in [0.1, 0.15) is 20.8 Å². The van der Waals surface area contributed by atoms with Gasteiger partial charge in [-0.15, -0.1) is 0 Å². The summed E-state index contributed by atoms with van der Waals surface area (Å²) in [5.41, 5.74) is 1.17. The number of carbonyl (C=O) groups excluding carboxylic acids is 1. The molecule has 0 atom stereocenters. The number of para-hydroxylation sites is 1. The zero-order chi connectivity index (χ0) is 21.3. The summed E-state index contributed by atoms with van der Waals surface area (Å²) >= 11 is 6.07. The zero-order valence-electron chi connectivity index (χ0n) is 17.3. The molecule has 3 aromatic rings. The quantitative estimate of drug-likeness (QED) is 0.566. The van der Waals surface area contributed by atoms with Crippen LogP contribution in [0.4, 0.5) is 10.6 Å². The molecule has 1 aliphatic rings. The van der Waals surface area contributed by atoms with E-state index >= 15 is 0 Å². The van der Waals surface area contributed by atoms with E-state index in [0.717, 1.165) is 22.3 Å². The van der Waals surface area contributed by atoms with Crippen LogP contribution >= 0.6 is 11.6 Å². The molecule has 30 heavy (non-hydrogen) atoms. The number of aromatic nitrogens is 3. The highest BCUT2D eigenvalue weighted by molar-refractivity contribution is 6.29. The van der Waals surface area contributed by atoms with Crippen LogP contribution in [-0.2, 0) is 4.74 Å². The Morgan fingerprint density at radius 2 is 1.80 bits per heavy atom. The number of ether oxygens (including phenoxy) is 1.